The molecule has 0 aliphatic heterocycles. The van der Waals surface area contributed by atoms with Crippen molar-refractivity contribution < 1.29 is 5.11 Å². The molecule has 112 valence electrons. The van der Waals surface area contributed by atoms with E-state index in [-0.39, 0.29) is 24.1 Å². The van der Waals surface area contributed by atoms with Gasteiger partial charge in [-0.3, -0.25) is 4.79 Å². The van der Waals surface area contributed by atoms with Gasteiger partial charge in [0.25, 0.3) is 5.56 Å². The molecule has 0 bridgehead atoms. The number of aliphatic hydroxyl groups excluding tert-OH is 1. The van der Waals surface area contributed by atoms with Crippen LogP contribution < -0.4 is 10.9 Å². The van der Waals surface area contributed by atoms with Crippen molar-refractivity contribution in [1.29, 1.82) is 0 Å². The highest BCUT2D eigenvalue weighted by Crippen LogP contribution is 2.27. The Bertz CT molecular complexity index is 512. The maximum atomic E-state index is 12.4. The van der Waals surface area contributed by atoms with Crippen molar-refractivity contribution in [2.24, 2.45) is 11.8 Å². The Balaban J connectivity index is 2.22. The maximum Gasteiger partial charge on any atom is 0.291 e. The molecule has 0 spiro atoms. The molecule has 0 radical (unpaired) electrons. The summed E-state index contributed by atoms with van der Waals surface area (Å²) >= 11 is 6.07. The SMILES string of the molecule is CC(C)C(CO)Nc1c(Cl)cnn(CC2CCC2)c1=O. The van der Waals surface area contributed by atoms with Gasteiger partial charge in [-0.1, -0.05) is 31.9 Å². The van der Waals surface area contributed by atoms with E-state index in [4.69, 9.17) is 11.6 Å². The number of hydrogen-bond acceptors (Lipinski definition) is 4. The molecule has 1 aliphatic carbocycles. The summed E-state index contributed by atoms with van der Waals surface area (Å²) in [7, 11) is 0. The molecule has 2 N–H and O–H groups in total. The van der Waals surface area contributed by atoms with Crippen molar-refractivity contribution in [3.8, 4) is 0 Å². The molecule has 1 fully saturated rings. The molecule has 5 nitrogen and oxygen atoms in total. The van der Waals surface area contributed by atoms with Gasteiger partial charge in [-0.25, -0.2) is 4.68 Å². The third-order valence-electron chi connectivity index (χ3n) is 3.98. The van der Waals surface area contributed by atoms with Gasteiger partial charge in [0, 0.05) is 6.54 Å². The van der Waals surface area contributed by atoms with Crippen LogP contribution in [-0.2, 0) is 6.54 Å². The third-order valence-corrected chi connectivity index (χ3v) is 4.27. The third kappa shape index (κ3) is 3.33. The molecule has 20 heavy (non-hydrogen) atoms. The summed E-state index contributed by atoms with van der Waals surface area (Å²) in [6.07, 6.45) is 5.05. The molecule has 1 aromatic heterocycles. The molecule has 0 saturated heterocycles. The first kappa shape index (κ1) is 15.3. The van der Waals surface area contributed by atoms with Gasteiger partial charge in [-0.05, 0) is 24.7 Å². The average molecular weight is 300 g/mol. The summed E-state index contributed by atoms with van der Waals surface area (Å²) in [5, 5.41) is 16.8. The van der Waals surface area contributed by atoms with E-state index < -0.39 is 0 Å². The van der Waals surface area contributed by atoms with Crippen LogP contribution >= 0.6 is 11.6 Å². The van der Waals surface area contributed by atoms with Crippen molar-refractivity contribution in [2.75, 3.05) is 11.9 Å². The fourth-order valence-electron chi connectivity index (χ4n) is 2.26. The zero-order valence-electron chi connectivity index (χ0n) is 12.0. The number of anilines is 1. The lowest BCUT2D eigenvalue weighted by Gasteiger charge is -2.26. The number of nitrogens with one attached hydrogen (secondary N) is 1. The smallest absolute Gasteiger partial charge is 0.291 e. The van der Waals surface area contributed by atoms with Crippen molar-refractivity contribution >= 4 is 17.3 Å². The fourth-order valence-corrected chi connectivity index (χ4v) is 2.44. The summed E-state index contributed by atoms with van der Waals surface area (Å²) < 4.78 is 1.48. The van der Waals surface area contributed by atoms with Crippen LogP contribution in [0.2, 0.25) is 5.02 Å². The largest absolute Gasteiger partial charge is 0.394 e. The van der Waals surface area contributed by atoms with Gasteiger partial charge in [0.2, 0.25) is 0 Å². The number of rotatable bonds is 6. The van der Waals surface area contributed by atoms with E-state index in [1.165, 1.54) is 17.3 Å². The van der Waals surface area contributed by atoms with Crippen LogP contribution in [0.25, 0.3) is 0 Å². The number of hydrogen-bond donors (Lipinski definition) is 2. The molecule has 1 saturated carbocycles. The summed E-state index contributed by atoms with van der Waals surface area (Å²) in [4.78, 5) is 12.4. The number of aliphatic hydroxyl groups is 1. The van der Waals surface area contributed by atoms with Crippen LogP contribution in [0.5, 0.6) is 0 Å². The van der Waals surface area contributed by atoms with E-state index in [0.717, 1.165) is 12.8 Å². The van der Waals surface area contributed by atoms with Crippen LogP contribution in [0.4, 0.5) is 5.69 Å². The summed E-state index contributed by atoms with van der Waals surface area (Å²) in [6, 6.07) is -0.195. The topological polar surface area (TPSA) is 67.2 Å². The normalized spacial score (nSPS) is 17.1. The molecule has 6 heteroatoms. The lowest BCUT2D eigenvalue weighted by atomic mass is 9.85. The van der Waals surface area contributed by atoms with Gasteiger partial charge in [-0.2, -0.15) is 5.10 Å². The van der Waals surface area contributed by atoms with Crippen LogP contribution in [0, 0.1) is 11.8 Å². The zero-order valence-corrected chi connectivity index (χ0v) is 12.7. The maximum absolute atomic E-state index is 12.4. The van der Waals surface area contributed by atoms with Crippen molar-refractivity contribution in [3.05, 3.63) is 21.6 Å². The van der Waals surface area contributed by atoms with Gasteiger partial charge in [0.05, 0.1) is 23.9 Å². The Morgan fingerprint density at radius 2 is 2.25 bits per heavy atom. The van der Waals surface area contributed by atoms with E-state index in [9.17, 15) is 9.90 Å². The van der Waals surface area contributed by atoms with Crippen LogP contribution in [-0.4, -0.2) is 27.5 Å². The predicted molar refractivity (Wildman–Crippen MR) is 80.2 cm³/mol. The summed E-state index contributed by atoms with van der Waals surface area (Å²) in [6.45, 7) is 4.57. The molecule has 1 unspecified atom stereocenters. The highest BCUT2D eigenvalue weighted by Gasteiger charge is 2.21. The Kier molecular flexibility index (Phi) is 5.05. The van der Waals surface area contributed by atoms with Crippen LogP contribution in [0.15, 0.2) is 11.0 Å². The van der Waals surface area contributed by atoms with E-state index in [1.807, 2.05) is 13.8 Å². The van der Waals surface area contributed by atoms with Gasteiger partial charge in [-0.15, -0.1) is 0 Å². The molecule has 1 heterocycles. The molecule has 2 rings (SSSR count). The van der Waals surface area contributed by atoms with Crippen LogP contribution in [0.3, 0.4) is 0 Å². The molecule has 0 aromatic carbocycles. The second-order valence-corrected chi connectivity index (χ2v) is 6.24. The molecule has 1 aliphatic rings. The average Bonchev–Trinajstić information content (AvgIpc) is 2.35. The highest BCUT2D eigenvalue weighted by atomic mass is 35.5. The summed E-state index contributed by atoms with van der Waals surface area (Å²) in [5.41, 5.74) is 0.136. The number of halogens is 1. The minimum atomic E-state index is -0.205. The minimum absolute atomic E-state index is 0.0433. The lowest BCUT2D eigenvalue weighted by molar-refractivity contribution is 0.248. The zero-order chi connectivity index (χ0) is 14.7. The second-order valence-electron chi connectivity index (χ2n) is 5.83. The second kappa shape index (κ2) is 6.59. The van der Waals surface area contributed by atoms with E-state index in [0.29, 0.717) is 23.2 Å². The lowest BCUT2D eigenvalue weighted by Crippen LogP contribution is -2.36. The van der Waals surface area contributed by atoms with E-state index in [2.05, 4.69) is 10.4 Å². The quantitative estimate of drug-likeness (QED) is 0.844. The van der Waals surface area contributed by atoms with Crippen molar-refractivity contribution in [1.82, 2.24) is 9.78 Å². The molecule has 1 atom stereocenters. The first-order valence-corrected chi connectivity index (χ1v) is 7.53. The fraction of sp³-hybridized carbons (Fsp3) is 0.714. The molecular formula is C14H22ClN3O2. The first-order chi connectivity index (χ1) is 9.52. The minimum Gasteiger partial charge on any atom is -0.394 e. The molecular weight excluding hydrogens is 278 g/mol. The Hall–Kier alpha value is -1.07. The summed E-state index contributed by atoms with van der Waals surface area (Å²) in [5.74, 6) is 0.747. The van der Waals surface area contributed by atoms with Gasteiger partial charge in [0.1, 0.15) is 5.69 Å². The van der Waals surface area contributed by atoms with Gasteiger partial charge < -0.3 is 10.4 Å². The van der Waals surface area contributed by atoms with Gasteiger partial charge in [0.15, 0.2) is 0 Å². The monoisotopic (exact) mass is 299 g/mol. The van der Waals surface area contributed by atoms with Crippen molar-refractivity contribution in [3.63, 3.8) is 0 Å². The van der Waals surface area contributed by atoms with E-state index >= 15 is 0 Å². The molecule has 0 amide bonds. The number of aromatic nitrogens is 2. The number of nitrogens with zero attached hydrogens (tertiary/aromatic N) is 2. The van der Waals surface area contributed by atoms with Crippen LogP contribution in [0.1, 0.15) is 33.1 Å². The predicted octanol–water partition coefficient (Wildman–Crippen LogP) is 2.13. The first-order valence-electron chi connectivity index (χ1n) is 7.16. The highest BCUT2D eigenvalue weighted by molar-refractivity contribution is 6.33. The van der Waals surface area contributed by atoms with Gasteiger partial charge >= 0.3 is 0 Å². The Labute approximate surface area is 124 Å². The van der Waals surface area contributed by atoms with E-state index in [1.54, 1.807) is 0 Å². The Morgan fingerprint density at radius 3 is 2.75 bits per heavy atom. The standard InChI is InChI=1S/C14H22ClN3O2/c1-9(2)12(8-19)17-13-11(15)6-16-18(14(13)20)7-10-4-3-5-10/h6,9-10,12,17,19H,3-5,7-8H2,1-2H3. The van der Waals surface area contributed by atoms with Crippen molar-refractivity contribution in [2.45, 2.75) is 45.7 Å². The molecule has 1 aromatic rings. The Morgan fingerprint density at radius 1 is 1.55 bits per heavy atom.